The Morgan fingerprint density at radius 3 is 3.25 bits per heavy atom. The standard InChI is InChI=1S/C12H15N3S/c1-3-10(7-13-5-1)15-9-14-8-11(15)12-4-2-6-16-12/h2,4,6,8-10,13H,1,3,5,7H2. The molecule has 4 heteroatoms. The van der Waals surface area contributed by atoms with E-state index in [0.717, 1.165) is 13.1 Å². The van der Waals surface area contributed by atoms with Crippen LogP contribution in [0.15, 0.2) is 30.0 Å². The molecule has 0 saturated carbocycles. The van der Waals surface area contributed by atoms with Gasteiger partial charge in [-0.05, 0) is 30.8 Å². The Morgan fingerprint density at radius 1 is 1.50 bits per heavy atom. The summed E-state index contributed by atoms with van der Waals surface area (Å²) in [5, 5.41) is 5.57. The van der Waals surface area contributed by atoms with Crippen LogP contribution >= 0.6 is 11.3 Å². The van der Waals surface area contributed by atoms with Crippen molar-refractivity contribution in [2.75, 3.05) is 13.1 Å². The van der Waals surface area contributed by atoms with Crippen LogP contribution < -0.4 is 5.32 Å². The van der Waals surface area contributed by atoms with Gasteiger partial charge in [-0.1, -0.05) is 6.07 Å². The number of rotatable bonds is 2. The van der Waals surface area contributed by atoms with Gasteiger partial charge in [-0.3, -0.25) is 0 Å². The molecule has 1 aliphatic heterocycles. The first-order chi connectivity index (χ1) is 7.95. The van der Waals surface area contributed by atoms with Gasteiger partial charge in [0.1, 0.15) is 0 Å². The molecule has 0 aliphatic carbocycles. The van der Waals surface area contributed by atoms with E-state index >= 15 is 0 Å². The van der Waals surface area contributed by atoms with Gasteiger partial charge in [0.15, 0.2) is 0 Å². The summed E-state index contributed by atoms with van der Waals surface area (Å²) in [5.74, 6) is 0. The number of hydrogen-bond donors (Lipinski definition) is 1. The van der Waals surface area contributed by atoms with Gasteiger partial charge < -0.3 is 9.88 Å². The van der Waals surface area contributed by atoms with Crippen LogP contribution in [0, 0.1) is 0 Å². The van der Waals surface area contributed by atoms with Gasteiger partial charge in [0.2, 0.25) is 0 Å². The molecule has 2 aromatic heterocycles. The van der Waals surface area contributed by atoms with Gasteiger partial charge in [-0.25, -0.2) is 4.98 Å². The molecular weight excluding hydrogens is 218 g/mol. The number of aromatic nitrogens is 2. The summed E-state index contributed by atoms with van der Waals surface area (Å²) in [6.07, 6.45) is 6.45. The van der Waals surface area contributed by atoms with Crippen molar-refractivity contribution in [1.82, 2.24) is 14.9 Å². The van der Waals surface area contributed by atoms with Crippen LogP contribution in [-0.4, -0.2) is 22.6 Å². The van der Waals surface area contributed by atoms with Crippen molar-refractivity contribution >= 4 is 11.3 Å². The molecule has 0 spiro atoms. The topological polar surface area (TPSA) is 29.9 Å². The monoisotopic (exact) mass is 233 g/mol. The maximum Gasteiger partial charge on any atom is 0.0954 e. The third-order valence-electron chi connectivity index (χ3n) is 3.10. The number of thiophene rings is 1. The zero-order valence-corrected chi connectivity index (χ0v) is 9.91. The second-order valence-electron chi connectivity index (χ2n) is 4.16. The first kappa shape index (κ1) is 10.1. The highest BCUT2D eigenvalue weighted by molar-refractivity contribution is 7.13. The summed E-state index contributed by atoms with van der Waals surface area (Å²) in [7, 11) is 0. The summed E-state index contributed by atoms with van der Waals surface area (Å²) < 4.78 is 2.32. The predicted molar refractivity (Wildman–Crippen MR) is 66.7 cm³/mol. The van der Waals surface area contributed by atoms with E-state index in [1.54, 1.807) is 11.3 Å². The Balaban J connectivity index is 1.92. The summed E-state index contributed by atoms with van der Waals surface area (Å²) in [5.41, 5.74) is 1.25. The lowest BCUT2D eigenvalue weighted by molar-refractivity contribution is 0.374. The van der Waals surface area contributed by atoms with E-state index in [1.807, 2.05) is 12.5 Å². The van der Waals surface area contributed by atoms with Gasteiger partial charge in [0.25, 0.3) is 0 Å². The number of hydrogen-bond acceptors (Lipinski definition) is 3. The van der Waals surface area contributed by atoms with E-state index in [0.29, 0.717) is 6.04 Å². The molecule has 0 aromatic carbocycles. The lowest BCUT2D eigenvalue weighted by atomic mass is 10.1. The molecule has 1 N–H and O–H groups in total. The number of nitrogens with zero attached hydrogens (tertiary/aromatic N) is 2. The fraction of sp³-hybridized carbons (Fsp3) is 0.417. The Hall–Kier alpha value is -1.13. The molecule has 3 heterocycles. The van der Waals surface area contributed by atoms with Crippen LogP contribution in [-0.2, 0) is 0 Å². The lowest BCUT2D eigenvalue weighted by Crippen LogP contribution is -2.31. The van der Waals surface area contributed by atoms with E-state index in [1.165, 1.54) is 23.4 Å². The van der Waals surface area contributed by atoms with E-state index in [2.05, 4.69) is 32.4 Å². The molecule has 1 saturated heterocycles. The average molecular weight is 233 g/mol. The van der Waals surface area contributed by atoms with E-state index in [9.17, 15) is 0 Å². The summed E-state index contributed by atoms with van der Waals surface area (Å²) in [6, 6.07) is 4.82. The molecule has 0 bridgehead atoms. The van der Waals surface area contributed by atoms with Crippen molar-refractivity contribution < 1.29 is 0 Å². The van der Waals surface area contributed by atoms with Crippen LogP contribution in [0.3, 0.4) is 0 Å². The predicted octanol–water partition coefficient (Wildman–Crippen LogP) is 2.54. The van der Waals surface area contributed by atoms with E-state index in [-0.39, 0.29) is 0 Å². The summed E-state index contributed by atoms with van der Waals surface area (Å²) in [4.78, 5) is 5.60. The minimum absolute atomic E-state index is 0.563. The molecule has 3 nitrogen and oxygen atoms in total. The largest absolute Gasteiger partial charge is 0.326 e. The lowest BCUT2D eigenvalue weighted by Gasteiger charge is -2.25. The molecule has 3 rings (SSSR count). The smallest absolute Gasteiger partial charge is 0.0954 e. The minimum Gasteiger partial charge on any atom is -0.326 e. The SMILES string of the molecule is c1csc(-c2cncn2C2CCCNC2)c1. The summed E-state index contributed by atoms with van der Waals surface area (Å²) in [6.45, 7) is 2.22. The second kappa shape index (κ2) is 4.39. The van der Waals surface area contributed by atoms with Crippen LogP contribution in [0.25, 0.3) is 10.6 Å². The fourth-order valence-electron chi connectivity index (χ4n) is 2.28. The van der Waals surface area contributed by atoms with Crippen molar-refractivity contribution in [3.8, 4) is 10.6 Å². The van der Waals surface area contributed by atoms with Gasteiger partial charge >= 0.3 is 0 Å². The Labute approximate surface area is 99.1 Å². The van der Waals surface area contributed by atoms with Crippen molar-refractivity contribution in [3.05, 3.63) is 30.0 Å². The molecule has 2 aromatic rings. The third kappa shape index (κ3) is 1.79. The highest BCUT2D eigenvalue weighted by Gasteiger charge is 2.17. The Morgan fingerprint density at radius 2 is 2.50 bits per heavy atom. The zero-order chi connectivity index (χ0) is 10.8. The first-order valence-electron chi connectivity index (χ1n) is 5.71. The average Bonchev–Trinajstić information content (AvgIpc) is 3.01. The van der Waals surface area contributed by atoms with Crippen molar-refractivity contribution in [1.29, 1.82) is 0 Å². The summed E-state index contributed by atoms with van der Waals surface area (Å²) >= 11 is 1.78. The van der Waals surface area contributed by atoms with Crippen LogP contribution in [0.5, 0.6) is 0 Å². The van der Waals surface area contributed by atoms with Gasteiger partial charge in [-0.2, -0.15) is 0 Å². The molecule has 84 valence electrons. The van der Waals surface area contributed by atoms with Crippen LogP contribution in [0.1, 0.15) is 18.9 Å². The maximum absolute atomic E-state index is 4.30. The van der Waals surface area contributed by atoms with E-state index in [4.69, 9.17) is 0 Å². The Kier molecular flexibility index (Phi) is 2.76. The molecule has 0 radical (unpaired) electrons. The van der Waals surface area contributed by atoms with Crippen LogP contribution in [0.4, 0.5) is 0 Å². The Bertz CT molecular complexity index is 441. The fourth-order valence-corrected chi connectivity index (χ4v) is 3.02. The quantitative estimate of drug-likeness (QED) is 0.864. The minimum atomic E-state index is 0.563. The third-order valence-corrected chi connectivity index (χ3v) is 4.00. The van der Waals surface area contributed by atoms with Gasteiger partial charge in [0, 0.05) is 12.6 Å². The van der Waals surface area contributed by atoms with Crippen LogP contribution in [0.2, 0.25) is 0 Å². The molecule has 16 heavy (non-hydrogen) atoms. The molecule has 1 unspecified atom stereocenters. The zero-order valence-electron chi connectivity index (χ0n) is 9.10. The van der Waals surface area contributed by atoms with Crippen molar-refractivity contribution in [2.24, 2.45) is 0 Å². The number of imidazole rings is 1. The highest BCUT2D eigenvalue weighted by atomic mass is 32.1. The number of piperidine rings is 1. The molecule has 1 fully saturated rings. The maximum atomic E-state index is 4.30. The second-order valence-corrected chi connectivity index (χ2v) is 5.11. The molecule has 1 aliphatic rings. The van der Waals surface area contributed by atoms with E-state index < -0.39 is 0 Å². The van der Waals surface area contributed by atoms with Crippen molar-refractivity contribution in [3.63, 3.8) is 0 Å². The molecule has 1 atom stereocenters. The first-order valence-corrected chi connectivity index (χ1v) is 6.59. The normalized spacial score (nSPS) is 21.1. The molecular formula is C12H15N3S. The van der Waals surface area contributed by atoms with Crippen molar-refractivity contribution in [2.45, 2.75) is 18.9 Å². The highest BCUT2D eigenvalue weighted by Crippen LogP contribution is 2.28. The van der Waals surface area contributed by atoms with Gasteiger partial charge in [-0.15, -0.1) is 11.3 Å². The van der Waals surface area contributed by atoms with Gasteiger partial charge in [0.05, 0.1) is 23.1 Å². The number of nitrogens with one attached hydrogen (secondary N) is 1. The molecule has 0 amide bonds.